The number of rotatable bonds is 5. The molecule has 1 N–H and O–H groups in total. The lowest BCUT2D eigenvalue weighted by atomic mass is 10.1. The zero-order valence-electron chi connectivity index (χ0n) is 15.8. The Kier molecular flexibility index (Phi) is 5.71. The maximum Gasteiger partial charge on any atom is 0.416 e. The largest absolute Gasteiger partial charge is 0.416 e. The van der Waals surface area contributed by atoms with Gasteiger partial charge in [-0.15, -0.1) is 0 Å². The van der Waals surface area contributed by atoms with Gasteiger partial charge in [0.25, 0.3) is 0 Å². The topological polar surface area (TPSA) is 61.4 Å². The average molecular weight is 393 g/mol. The van der Waals surface area contributed by atoms with Crippen LogP contribution in [0.4, 0.5) is 30.6 Å². The molecule has 1 aromatic heterocycles. The van der Waals surface area contributed by atoms with E-state index in [1.165, 1.54) is 12.1 Å². The van der Waals surface area contributed by atoms with E-state index in [1.807, 2.05) is 0 Å². The highest BCUT2D eigenvalue weighted by atomic mass is 19.4. The number of nitrogens with one attached hydrogen (secondary N) is 1. The smallest absolute Gasteiger partial charge is 0.361 e. The van der Waals surface area contributed by atoms with Crippen molar-refractivity contribution in [1.29, 1.82) is 0 Å². The van der Waals surface area contributed by atoms with Gasteiger partial charge in [-0.05, 0) is 24.5 Å². The third kappa shape index (κ3) is 4.71. The molecule has 3 rings (SSSR count). The molecule has 6 nitrogen and oxygen atoms in total. The Morgan fingerprint density at radius 3 is 2.61 bits per heavy atom. The molecule has 2 aromatic rings. The monoisotopic (exact) mass is 393 g/mol. The molecule has 0 unspecified atom stereocenters. The molecule has 0 bridgehead atoms. The van der Waals surface area contributed by atoms with Crippen molar-refractivity contribution in [1.82, 2.24) is 9.97 Å². The van der Waals surface area contributed by atoms with Gasteiger partial charge in [0, 0.05) is 27.2 Å². The van der Waals surface area contributed by atoms with Crippen LogP contribution in [-0.4, -0.2) is 43.1 Å². The van der Waals surface area contributed by atoms with Crippen molar-refractivity contribution in [2.75, 3.05) is 42.3 Å². The van der Waals surface area contributed by atoms with Crippen molar-refractivity contribution < 1.29 is 18.0 Å². The maximum atomic E-state index is 12.8. The Morgan fingerprint density at radius 1 is 1.25 bits per heavy atom. The summed E-state index contributed by atoms with van der Waals surface area (Å²) in [6.07, 6.45) is -0.888. The number of hydrogen-bond acceptors (Lipinski definition) is 5. The standard InChI is InChI=1S/C19H22F3N5O/c1-26(2)17-15(12-23-18(25-17)27-8-3-4-9-27)24-16(28)11-13-6-5-7-14(10-13)19(20,21)22/h5-7,10,12H,3-4,8-9,11H2,1-2H3,(H,24,28). The van der Waals surface area contributed by atoms with Gasteiger partial charge in [-0.3, -0.25) is 4.79 Å². The molecule has 9 heteroatoms. The Hall–Kier alpha value is -2.84. The second kappa shape index (κ2) is 8.04. The molecule has 150 valence electrons. The number of halogens is 3. The van der Waals surface area contributed by atoms with Gasteiger partial charge in [-0.1, -0.05) is 18.2 Å². The second-order valence-corrected chi connectivity index (χ2v) is 6.92. The van der Waals surface area contributed by atoms with E-state index in [-0.39, 0.29) is 12.0 Å². The fraction of sp³-hybridized carbons (Fsp3) is 0.421. The first-order valence-corrected chi connectivity index (χ1v) is 8.99. The van der Waals surface area contributed by atoms with E-state index >= 15 is 0 Å². The van der Waals surface area contributed by atoms with Gasteiger partial charge in [0.05, 0.1) is 18.2 Å². The van der Waals surface area contributed by atoms with Crippen LogP contribution in [0.2, 0.25) is 0 Å². The number of hydrogen-bond donors (Lipinski definition) is 1. The number of benzene rings is 1. The van der Waals surface area contributed by atoms with Crippen LogP contribution in [0.1, 0.15) is 24.0 Å². The first kappa shape index (κ1) is 19.9. The minimum absolute atomic E-state index is 0.176. The molecule has 2 heterocycles. The number of aromatic nitrogens is 2. The number of carbonyl (C=O) groups excluding carboxylic acids is 1. The normalized spacial score (nSPS) is 14.2. The van der Waals surface area contributed by atoms with Crippen LogP contribution < -0.4 is 15.1 Å². The van der Waals surface area contributed by atoms with Crippen molar-refractivity contribution >= 4 is 23.4 Å². The summed E-state index contributed by atoms with van der Waals surface area (Å²) < 4.78 is 38.5. The van der Waals surface area contributed by atoms with E-state index in [0.29, 0.717) is 17.5 Å². The Bertz CT molecular complexity index is 848. The molecule has 1 fully saturated rings. The van der Waals surface area contributed by atoms with E-state index in [4.69, 9.17) is 0 Å². The summed E-state index contributed by atoms with van der Waals surface area (Å²) in [6, 6.07) is 4.76. The summed E-state index contributed by atoms with van der Waals surface area (Å²) in [5.74, 6) is 0.728. The lowest BCUT2D eigenvalue weighted by Gasteiger charge is -2.21. The van der Waals surface area contributed by atoms with Crippen molar-refractivity contribution in [3.05, 3.63) is 41.6 Å². The molecular formula is C19H22F3N5O. The van der Waals surface area contributed by atoms with Crippen molar-refractivity contribution in [3.8, 4) is 0 Å². The van der Waals surface area contributed by atoms with E-state index in [1.54, 1.807) is 25.2 Å². The van der Waals surface area contributed by atoms with Gasteiger partial charge in [0.1, 0.15) is 5.69 Å². The summed E-state index contributed by atoms with van der Waals surface area (Å²) in [4.78, 5) is 25.1. The highest BCUT2D eigenvalue weighted by molar-refractivity contribution is 5.94. The van der Waals surface area contributed by atoms with E-state index in [9.17, 15) is 18.0 Å². The Balaban J connectivity index is 1.74. The van der Waals surface area contributed by atoms with Crippen LogP contribution in [0.15, 0.2) is 30.5 Å². The first-order valence-electron chi connectivity index (χ1n) is 8.99. The van der Waals surface area contributed by atoms with Gasteiger partial charge in [0.15, 0.2) is 5.82 Å². The number of alkyl halides is 3. The lowest BCUT2D eigenvalue weighted by molar-refractivity contribution is -0.137. The van der Waals surface area contributed by atoms with Crippen molar-refractivity contribution in [2.24, 2.45) is 0 Å². The summed E-state index contributed by atoms with van der Waals surface area (Å²) >= 11 is 0. The summed E-state index contributed by atoms with van der Waals surface area (Å²) in [5.41, 5.74) is -0.0664. The number of nitrogens with zero attached hydrogens (tertiary/aromatic N) is 4. The van der Waals surface area contributed by atoms with Gasteiger partial charge in [-0.2, -0.15) is 18.2 Å². The molecule has 0 radical (unpaired) electrons. The molecule has 0 saturated carbocycles. The van der Waals surface area contributed by atoms with E-state index < -0.39 is 17.6 Å². The van der Waals surface area contributed by atoms with Crippen LogP contribution in [0.25, 0.3) is 0 Å². The third-order valence-corrected chi connectivity index (χ3v) is 4.46. The Labute approximate surface area is 161 Å². The highest BCUT2D eigenvalue weighted by Crippen LogP contribution is 2.30. The SMILES string of the molecule is CN(C)c1nc(N2CCCC2)ncc1NC(=O)Cc1cccc(C(F)(F)F)c1. The molecule has 1 aliphatic heterocycles. The van der Waals surface area contributed by atoms with Crippen molar-refractivity contribution in [2.45, 2.75) is 25.4 Å². The Morgan fingerprint density at radius 2 is 1.96 bits per heavy atom. The molecule has 1 amide bonds. The zero-order chi connectivity index (χ0) is 20.3. The summed E-state index contributed by atoms with van der Waals surface area (Å²) in [7, 11) is 3.61. The number of anilines is 3. The van der Waals surface area contributed by atoms with Crippen LogP contribution in [0.5, 0.6) is 0 Å². The fourth-order valence-electron chi connectivity index (χ4n) is 3.10. The predicted octanol–water partition coefficient (Wildman–Crippen LogP) is 3.34. The molecule has 1 aromatic carbocycles. The molecule has 0 aliphatic carbocycles. The first-order chi connectivity index (χ1) is 13.2. The minimum Gasteiger partial charge on any atom is -0.361 e. The average Bonchev–Trinajstić information content (AvgIpc) is 3.16. The van der Waals surface area contributed by atoms with E-state index in [0.717, 1.165) is 38.1 Å². The summed E-state index contributed by atoms with van der Waals surface area (Å²) in [5, 5.41) is 2.71. The minimum atomic E-state index is -4.44. The fourth-order valence-corrected chi connectivity index (χ4v) is 3.10. The second-order valence-electron chi connectivity index (χ2n) is 6.92. The van der Waals surface area contributed by atoms with Crippen LogP contribution in [-0.2, 0) is 17.4 Å². The molecule has 1 aliphatic rings. The quantitative estimate of drug-likeness (QED) is 0.844. The predicted molar refractivity (Wildman–Crippen MR) is 102 cm³/mol. The molecular weight excluding hydrogens is 371 g/mol. The highest BCUT2D eigenvalue weighted by Gasteiger charge is 2.30. The van der Waals surface area contributed by atoms with Crippen LogP contribution in [0.3, 0.4) is 0 Å². The number of amides is 1. The molecule has 28 heavy (non-hydrogen) atoms. The molecule has 0 spiro atoms. The van der Waals surface area contributed by atoms with E-state index in [2.05, 4.69) is 20.2 Å². The van der Waals surface area contributed by atoms with Gasteiger partial charge < -0.3 is 15.1 Å². The van der Waals surface area contributed by atoms with Crippen LogP contribution >= 0.6 is 0 Å². The lowest BCUT2D eigenvalue weighted by Crippen LogP contribution is -2.24. The van der Waals surface area contributed by atoms with Gasteiger partial charge in [-0.25, -0.2) is 4.98 Å². The molecule has 0 atom stereocenters. The van der Waals surface area contributed by atoms with Gasteiger partial charge in [0.2, 0.25) is 11.9 Å². The maximum absolute atomic E-state index is 12.8. The van der Waals surface area contributed by atoms with Gasteiger partial charge >= 0.3 is 6.18 Å². The third-order valence-electron chi connectivity index (χ3n) is 4.46. The molecule has 1 saturated heterocycles. The summed E-state index contributed by atoms with van der Waals surface area (Å²) in [6.45, 7) is 1.79. The van der Waals surface area contributed by atoms with Crippen LogP contribution in [0, 0.1) is 0 Å². The zero-order valence-corrected chi connectivity index (χ0v) is 15.8. The number of carbonyl (C=O) groups is 1. The van der Waals surface area contributed by atoms with Crippen molar-refractivity contribution in [3.63, 3.8) is 0 Å².